The molecule has 1 atom stereocenters. The molecule has 0 heterocycles. The highest BCUT2D eigenvalue weighted by atomic mass is 32.2. The van der Waals surface area contributed by atoms with E-state index in [1.807, 2.05) is 0 Å². The van der Waals surface area contributed by atoms with Crippen molar-refractivity contribution in [2.24, 2.45) is 5.92 Å². The zero-order chi connectivity index (χ0) is 9.07. The molecule has 2 N–H and O–H groups in total. The van der Waals surface area contributed by atoms with Crippen molar-refractivity contribution in [1.82, 2.24) is 0 Å². The molecule has 0 aliphatic heterocycles. The minimum atomic E-state index is -4.16. The molecule has 0 rings (SSSR count). The predicted octanol–water partition coefficient (Wildman–Crippen LogP) is -0.0150. The minimum absolute atomic E-state index is 0.190. The Morgan fingerprint density at radius 2 is 2.00 bits per heavy atom. The topological polar surface area (TPSA) is 91.7 Å². The van der Waals surface area contributed by atoms with Crippen LogP contribution < -0.4 is 0 Å². The summed E-state index contributed by atoms with van der Waals surface area (Å²) < 4.78 is 28.7. The highest BCUT2D eigenvalue weighted by molar-refractivity contribution is 7.85. The van der Waals surface area contributed by atoms with Crippen LogP contribution in [0.3, 0.4) is 0 Å². The third-order valence-electron chi connectivity index (χ3n) is 1.25. The van der Waals surface area contributed by atoms with Gasteiger partial charge in [-0.3, -0.25) is 9.35 Å². The summed E-state index contributed by atoms with van der Waals surface area (Å²) in [5, 5.41) is 8.36. The lowest BCUT2D eigenvalue weighted by Gasteiger charge is -2.05. The normalized spacial score (nSPS) is 14.4. The van der Waals surface area contributed by atoms with Gasteiger partial charge in [-0.1, -0.05) is 6.92 Å². The lowest BCUT2D eigenvalue weighted by molar-refractivity contribution is -0.141. The first-order chi connectivity index (χ1) is 4.87. The van der Waals surface area contributed by atoms with Crippen molar-refractivity contribution >= 4 is 16.1 Å². The Balaban J connectivity index is 4.22. The lowest BCUT2D eigenvalue weighted by atomic mass is 10.1. The van der Waals surface area contributed by atoms with E-state index in [4.69, 9.17) is 9.66 Å². The smallest absolute Gasteiger partial charge is 0.307 e. The Morgan fingerprint density at radius 3 is 2.09 bits per heavy atom. The second-order valence-corrected chi connectivity index (χ2v) is 3.69. The third-order valence-corrected chi connectivity index (χ3v) is 2.08. The summed E-state index contributed by atoms with van der Waals surface area (Å²) in [4.78, 5) is 10.2. The van der Waals surface area contributed by atoms with E-state index in [0.29, 0.717) is 0 Å². The summed E-state index contributed by atoms with van der Waals surface area (Å²) in [6, 6.07) is 0. The molecule has 0 aromatic heterocycles. The van der Waals surface area contributed by atoms with Gasteiger partial charge in [0.1, 0.15) is 0 Å². The first-order valence-corrected chi connectivity index (χ1v) is 4.65. The van der Waals surface area contributed by atoms with E-state index in [2.05, 4.69) is 0 Å². The van der Waals surface area contributed by atoms with Gasteiger partial charge in [-0.05, 0) is 6.42 Å². The van der Waals surface area contributed by atoms with Crippen molar-refractivity contribution in [3.05, 3.63) is 0 Å². The quantitative estimate of drug-likeness (QED) is 0.596. The maximum Gasteiger partial charge on any atom is 0.307 e. The molecule has 1 unspecified atom stereocenters. The minimum Gasteiger partial charge on any atom is -0.481 e. The van der Waals surface area contributed by atoms with E-state index in [-0.39, 0.29) is 6.42 Å². The van der Waals surface area contributed by atoms with Crippen molar-refractivity contribution in [2.75, 3.05) is 5.75 Å². The third kappa shape index (κ3) is 4.74. The number of carbonyl (C=O) groups is 1. The number of carboxylic acids is 1. The number of aliphatic carboxylic acids is 1. The molecular formula is C5H10O5S. The summed E-state index contributed by atoms with van der Waals surface area (Å²) in [5.74, 6) is -2.92. The van der Waals surface area contributed by atoms with Crippen LogP contribution in [0.4, 0.5) is 0 Å². The summed E-state index contributed by atoms with van der Waals surface area (Å²) in [6.45, 7) is 1.55. The summed E-state index contributed by atoms with van der Waals surface area (Å²) in [6.07, 6.45) is 0.190. The Kier molecular flexibility index (Phi) is 3.47. The lowest BCUT2D eigenvalue weighted by Crippen LogP contribution is -2.22. The van der Waals surface area contributed by atoms with Crippen molar-refractivity contribution in [2.45, 2.75) is 13.3 Å². The van der Waals surface area contributed by atoms with Gasteiger partial charge >= 0.3 is 5.97 Å². The molecule has 5 nitrogen and oxygen atoms in total. The Bertz CT molecular complexity index is 229. The van der Waals surface area contributed by atoms with Gasteiger partial charge in [0, 0.05) is 0 Å². The van der Waals surface area contributed by atoms with E-state index in [1.165, 1.54) is 0 Å². The SMILES string of the molecule is CCC(CS(=O)(=O)O)C(=O)O. The molecule has 0 saturated carbocycles. The zero-order valence-electron chi connectivity index (χ0n) is 6.02. The molecule has 11 heavy (non-hydrogen) atoms. The second-order valence-electron chi connectivity index (χ2n) is 2.19. The van der Waals surface area contributed by atoms with Crippen LogP contribution in [0.15, 0.2) is 0 Å². The fraction of sp³-hybridized carbons (Fsp3) is 0.800. The van der Waals surface area contributed by atoms with Gasteiger partial charge in [0.05, 0.1) is 11.7 Å². The molecule has 0 radical (unpaired) electrons. The van der Waals surface area contributed by atoms with Crippen LogP contribution in [-0.2, 0) is 14.9 Å². The zero-order valence-corrected chi connectivity index (χ0v) is 6.84. The standard InChI is InChI=1S/C5H10O5S/c1-2-4(5(6)7)3-11(8,9)10/h4H,2-3H2,1H3,(H,6,7)(H,8,9,10). The van der Waals surface area contributed by atoms with Gasteiger partial charge < -0.3 is 5.11 Å². The Morgan fingerprint density at radius 1 is 1.55 bits per heavy atom. The number of hydrogen-bond acceptors (Lipinski definition) is 3. The van der Waals surface area contributed by atoms with Crippen LogP contribution >= 0.6 is 0 Å². The van der Waals surface area contributed by atoms with E-state index in [9.17, 15) is 13.2 Å². The summed E-state index contributed by atoms with van der Waals surface area (Å²) in [7, 11) is -4.16. The molecule has 0 fully saturated rings. The molecule has 0 aromatic carbocycles. The van der Waals surface area contributed by atoms with Crippen LogP contribution in [0, 0.1) is 5.92 Å². The van der Waals surface area contributed by atoms with Crippen LogP contribution in [0.2, 0.25) is 0 Å². The van der Waals surface area contributed by atoms with Crippen molar-refractivity contribution in [3.63, 3.8) is 0 Å². The highest BCUT2D eigenvalue weighted by Gasteiger charge is 2.21. The first-order valence-electron chi connectivity index (χ1n) is 3.04. The maximum atomic E-state index is 10.2. The molecule has 0 bridgehead atoms. The van der Waals surface area contributed by atoms with Gasteiger partial charge in [-0.25, -0.2) is 0 Å². The fourth-order valence-corrected chi connectivity index (χ4v) is 1.50. The maximum absolute atomic E-state index is 10.2. The van der Waals surface area contributed by atoms with Crippen molar-refractivity contribution in [3.8, 4) is 0 Å². The molecule has 0 spiro atoms. The number of hydrogen-bond donors (Lipinski definition) is 2. The van der Waals surface area contributed by atoms with Gasteiger partial charge in [-0.2, -0.15) is 8.42 Å². The predicted molar refractivity (Wildman–Crippen MR) is 37.8 cm³/mol. The molecule has 0 saturated heterocycles. The number of carboxylic acid groups (broad SMARTS) is 1. The van der Waals surface area contributed by atoms with Crippen LogP contribution in [0.25, 0.3) is 0 Å². The highest BCUT2D eigenvalue weighted by Crippen LogP contribution is 2.05. The Labute approximate surface area is 64.8 Å². The van der Waals surface area contributed by atoms with Crippen molar-refractivity contribution < 1.29 is 22.9 Å². The number of rotatable bonds is 4. The van der Waals surface area contributed by atoms with Crippen LogP contribution in [0.5, 0.6) is 0 Å². The van der Waals surface area contributed by atoms with E-state index in [0.717, 1.165) is 0 Å². The summed E-state index contributed by atoms with van der Waals surface area (Å²) >= 11 is 0. The molecule has 66 valence electrons. The largest absolute Gasteiger partial charge is 0.481 e. The van der Waals surface area contributed by atoms with E-state index in [1.54, 1.807) is 6.92 Å². The average molecular weight is 182 g/mol. The van der Waals surface area contributed by atoms with Crippen LogP contribution in [-0.4, -0.2) is 29.8 Å². The van der Waals surface area contributed by atoms with Gasteiger partial charge in [0.15, 0.2) is 0 Å². The van der Waals surface area contributed by atoms with Crippen molar-refractivity contribution in [1.29, 1.82) is 0 Å². The Hall–Kier alpha value is -0.620. The fourth-order valence-electron chi connectivity index (χ4n) is 0.618. The van der Waals surface area contributed by atoms with Gasteiger partial charge in [-0.15, -0.1) is 0 Å². The monoisotopic (exact) mass is 182 g/mol. The molecule has 0 aliphatic carbocycles. The van der Waals surface area contributed by atoms with Crippen LogP contribution in [0.1, 0.15) is 13.3 Å². The second kappa shape index (κ2) is 3.68. The molecule has 6 heteroatoms. The molecule has 0 amide bonds. The summed E-state index contributed by atoms with van der Waals surface area (Å²) in [5.41, 5.74) is 0. The molecular weight excluding hydrogens is 172 g/mol. The molecule has 0 aliphatic rings. The first kappa shape index (κ1) is 10.4. The average Bonchev–Trinajstić information content (AvgIpc) is 1.80. The van der Waals surface area contributed by atoms with E-state index >= 15 is 0 Å². The molecule has 0 aromatic rings. The van der Waals surface area contributed by atoms with Gasteiger partial charge in [0.25, 0.3) is 10.1 Å². The van der Waals surface area contributed by atoms with Gasteiger partial charge in [0.2, 0.25) is 0 Å². The van der Waals surface area contributed by atoms with E-state index < -0.39 is 27.8 Å².